The van der Waals surface area contributed by atoms with Crippen LogP contribution in [0.25, 0.3) is 11.3 Å². The highest BCUT2D eigenvalue weighted by atomic mass is 19.1. The highest BCUT2D eigenvalue weighted by Crippen LogP contribution is 2.36. The number of ether oxygens (including phenoxy) is 1. The number of amides is 2. The number of aromatic nitrogens is 2. The second-order valence-electron chi connectivity index (χ2n) is 9.46. The zero-order chi connectivity index (χ0) is 28.0. The van der Waals surface area contributed by atoms with Gasteiger partial charge in [0.1, 0.15) is 28.7 Å². The fourth-order valence-electron chi connectivity index (χ4n) is 4.76. The molecule has 8 nitrogen and oxygen atoms in total. The summed E-state index contributed by atoms with van der Waals surface area (Å²) in [5.41, 5.74) is 0.832. The molecule has 11 heteroatoms. The number of nitrogens with one attached hydrogen (secondary N) is 2. The summed E-state index contributed by atoms with van der Waals surface area (Å²) in [7, 11) is 0. The van der Waals surface area contributed by atoms with Crippen LogP contribution in [0, 0.1) is 17.5 Å². The number of nitrogens with zero attached hydrogens (tertiary/aromatic N) is 3. The third-order valence-electron chi connectivity index (χ3n) is 6.72. The smallest absolute Gasteiger partial charge is 0.269 e. The Morgan fingerprint density at radius 1 is 1.02 bits per heavy atom. The van der Waals surface area contributed by atoms with Crippen LogP contribution in [0.2, 0.25) is 0 Å². The molecule has 1 aromatic heterocycles. The van der Waals surface area contributed by atoms with Gasteiger partial charge in [0.05, 0.1) is 17.5 Å². The summed E-state index contributed by atoms with van der Waals surface area (Å²) in [6.45, 7) is 2.21. The van der Waals surface area contributed by atoms with E-state index in [1.807, 2.05) is 6.92 Å². The Hall–Kier alpha value is -4.93. The molecule has 3 heterocycles. The van der Waals surface area contributed by atoms with Crippen molar-refractivity contribution in [1.29, 1.82) is 0 Å². The van der Waals surface area contributed by atoms with E-state index in [2.05, 4.69) is 20.7 Å². The lowest BCUT2D eigenvalue weighted by atomic mass is 10.0. The average molecular weight is 546 g/mol. The number of hydrogen-bond donors (Lipinski definition) is 2. The van der Waals surface area contributed by atoms with Crippen LogP contribution in [-0.2, 0) is 11.3 Å². The Morgan fingerprint density at radius 3 is 2.60 bits per heavy atom. The van der Waals surface area contributed by atoms with Crippen molar-refractivity contribution in [3.05, 3.63) is 101 Å². The van der Waals surface area contributed by atoms with Crippen molar-refractivity contribution in [2.24, 2.45) is 4.99 Å². The number of hydrogen-bond acceptors (Lipinski definition) is 5. The van der Waals surface area contributed by atoms with Gasteiger partial charge in [0, 0.05) is 35.7 Å². The molecule has 2 atom stereocenters. The minimum Gasteiger partial charge on any atom is -0.474 e. The molecule has 2 amide bonds. The van der Waals surface area contributed by atoms with E-state index in [-0.39, 0.29) is 40.2 Å². The predicted octanol–water partition coefficient (Wildman–Crippen LogP) is 4.68. The fraction of sp³-hybridized carbons (Fsp3) is 0.172. The summed E-state index contributed by atoms with van der Waals surface area (Å²) >= 11 is 0. The van der Waals surface area contributed by atoms with Gasteiger partial charge in [0.15, 0.2) is 0 Å². The first-order valence-electron chi connectivity index (χ1n) is 12.6. The molecule has 202 valence electrons. The topological polar surface area (TPSA) is 97.6 Å². The first kappa shape index (κ1) is 25.4. The molecule has 0 fully saturated rings. The van der Waals surface area contributed by atoms with E-state index in [9.17, 15) is 22.8 Å². The number of benzene rings is 3. The maximum Gasteiger partial charge on any atom is 0.269 e. The van der Waals surface area contributed by atoms with Crippen molar-refractivity contribution in [2.75, 3.05) is 5.32 Å². The van der Waals surface area contributed by atoms with Crippen LogP contribution >= 0.6 is 0 Å². The Balaban J connectivity index is 1.44. The molecule has 0 aliphatic carbocycles. The summed E-state index contributed by atoms with van der Waals surface area (Å²) in [5, 5.41) is 9.49. The van der Waals surface area contributed by atoms with Gasteiger partial charge in [-0.3, -0.25) is 9.59 Å². The average Bonchev–Trinajstić information content (AvgIpc) is 3.23. The largest absolute Gasteiger partial charge is 0.474 e. The van der Waals surface area contributed by atoms with Crippen molar-refractivity contribution in [3.8, 4) is 17.1 Å². The van der Waals surface area contributed by atoms with Gasteiger partial charge in [0.25, 0.3) is 11.8 Å². The molecule has 4 aromatic rings. The maximum atomic E-state index is 14.8. The van der Waals surface area contributed by atoms with Crippen LogP contribution < -0.4 is 15.4 Å². The van der Waals surface area contributed by atoms with Gasteiger partial charge in [-0.05, 0) is 25.1 Å². The van der Waals surface area contributed by atoms with Gasteiger partial charge in [0.2, 0.25) is 12.0 Å². The SMILES string of the molecule is C[C@@H]1CCn2nc(-c3ccc(F)cc3F)c(C(=O)N[C@H]3N=C(c4ccccc4)c4cccc(F)c4NC3=O)c2O1. The number of rotatable bonds is 4. The minimum atomic E-state index is -1.49. The number of halogens is 3. The fourth-order valence-corrected chi connectivity index (χ4v) is 4.76. The van der Waals surface area contributed by atoms with Crippen molar-refractivity contribution in [2.45, 2.75) is 32.2 Å². The third-order valence-corrected chi connectivity index (χ3v) is 6.72. The molecular weight excluding hydrogens is 523 g/mol. The Kier molecular flexibility index (Phi) is 6.33. The highest BCUT2D eigenvalue weighted by Gasteiger charge is 2.35. The van der Waals surface area contributed by atoms with Crippen molar-refractivity contribution in [3.63, 3.8) is 0 Å². The highest BCUT2D eigenvalue weighted by molar-refractivity contribution is 6.20. The molecule has 2 aliphatic heterocycles. The van der Waals surface area contributed by atoms with Gasteiger partial charge in [-0.2, -0.15) is 5.10 Å². The van der Waals surface area contributed by atoms with E-state index in [1.54, 1.807) is 36.4 Å². The zero-order valence-corrected chi connectivity index (χ0v) is 21.1. The van der Waals surface area contributed by atoms with Crippen molar-refractivity contribution < 1.29 is 27.5 Å². The number of benzodiazepines with no additional fused rings is 1. The van der Waals surface area contributed by atoms with E-state index < -0.39 is 35.4 Å². The number of fused-ring (bicyclic) bond motifs is 2. The lowest BCUT2D eigenvalue weighted by molar-refractivity contribution is -0.117. The van der Waals surface area contributed by atoms with Gasteiger partial charge >= 0.3 is 0 Å². The lowest BCUT2D eigenvalue weighted by Crippen LogP contribution is -2.42. The minimum absolute atomic E-state index is 0.0685. The van der Waals surface area contributed by atoms with Crippen LogP contribution in [0.15, 0.2) is 71.7 Å². The standard InChI is InChI=1S/C29H22F3N5O3/c1-15-12-13-37-29(40-15)22(25(36-37)18-11-10-17(30)14-21(18)32)27(38)35-26-28(39)34-24-19(8-5-9-20(24)31)23(33-26)16-6-3-2-4-7-16/h2-11,14-15,26H,12-13H2,1H3,(H,34,39)(H,35,38)/t15-,26-/m1/s1. The second-order valence-corrected chi connectivity index (χ2v) is 9.46. The second kappa shape index (κ2) is 9.99. The Bertz CT molecular complexity index is 1690. The number of aliphatic imine (C=N–C) groups is 1. The van der Waals surface area contributed by atoms with Gasteiger partial charge in [-0.1, -0.05) is 42.5 Å². The Morgan fingerprint density at radius 2 is 1.82 bits per heavy atom. The number of aryl methyl sites for hydroxylation is 1. The number of carbonyl (C=O) groups excluding carboxylic acids is 2. The molecule has 0 saturated heterocycles. The molecule has 6 rings (SSSR count). The zero-order valence-electron chi connectivity index (χ0n) is 21.1. The van der Waals surface area contributed by atoms with Crippen LogP contribution in [0.4, 0.5) is 18.9 Å². The van der Waals surface area contributed by atoms with Gasteiger partial charge in [-0.15, -0.1) is 0 Å². The molecule has 0 spiro atoms. The molecule has 3 aromatic carbocycles. The van der Waals surface area contributed by atoms with Gasteiger partial charge in [-0.25, -0.2) is 22.8 Å². The molecule has 2 aliphatic rings. The molecule has 40 heavy (non-hydrogen) atoms. The van der Waals surface area contributed by atoms with E-state index in [4.69, 9.17) is 4.74 Å². The first-order valence-corrected chi connectivity index (χ1v) is 12.6. The third kappa shape index (κ3) is 4.49. The van der Waals surface area contributed by atoms with Crippen LogP contribution in [0.5, 0.6) is 5.88 Å². The van der Waals surface area contributed by atoms with E-state index >= 15 is 0 Å². The lowest BCUT2D eigenvalue weighted by Gasteiger charge is -2.22. The van der Waals surface area contributed by atoms with Crippen LogP contribution in [0.1, 0.15) is 34.8 Å². The first-order chi connectivity index (χ1) is 19.3. The maximum absolute atomic E-state index is 14.8. The van der Waals surface area contributed by atoms with Crippen molar-refractivity contribution >= 4 is 23.2 Å². The quantitative estimate of drug-likeness (QED) is 0.389. The normalized spacial score (nSPS) is 18.0. The molecule has 0 bridgehead atoms. The van der Waals surface area contributed by atoms with Crippen LogP contribution in [-0.4, -0.2) is 39.6 Å². The summed E-state index contributed by atoms with van der Waals surface area (Å²) in [4.78, 5) is 31.6. The summed E-state index contributed by atoms with van der Waals surface area (Å²) in [6.07, 6.45) is -1.15. The van der Waals surface area contributed by atoms with E-state index in [0.29, 0.717) is 30.2 Å². The van der Waals surface area contributed by atoms with Crippen molar-refractivity contribution in [1.82, 2.24) is 15.1 Å². The predicted molar refractivity (Wildman–Crippen MR) is 141 cm³/mol. The molecule has 0 radical (unpaired) electrons. The molecule has 0 saturated carbocycles. The number of carbonyl (C=O) groups is 2. The van der Waals surface area contributed by atoms with E-state index in [0.717, 1.165) is 6.07 Å². The monoisotopic (exact) mass is 545 g/mol. The number of anilines is 1. The van der Waals surface area contributed by atoms with E-state index in [1.165, 1.54) is 22.9 Å². The summed E-state index contributed by atoms with van der Waals surface area (Å²) in [6, 6.07) is 16.1. The number of para-hydroxylation sites is 1. The van der Waals surface area contributed by atoms with Gasteiger partial charge < -0.3 is 15.4 Å². The molecule has 0 unspecified atom stereocenters. The molecule has 2 N–H and O–H groups in total. The summed E-state index contributed by atoms with van der Waals surface area (Å²) in [5.74, 6) is -3.88. The Labute approximate surface area is 226 Å². The van der Waals surface area contributed by atoms with Crippen LogP contribution in [0.3, 0.4) is 0 Å². The molecular formula is C29H22F3N5O3. The summed E-state index contributed by atoms with van der Waals surface area (Å²) < 4.78 is 50.6.